The number of hydrogen-bond acceptors (Lipinski definition) is 6. The van der Waals surface area contributed by atoms with Gasteiger partial charge in [-0.15, -0.1) is 0 Å². The lowest BCUT2D eigenvalue weighted by Gasteiger charge is -2.38. The maximum atomic E-state index is 13.1. The monoisotopic (exact) mass is 539 g/mol. The van der Waals surface area contributed by atoms with Crippen molar-refractivity contribution in [3.63, 3.8) is 0 Å². The molecule has 2 aromatic heterocycles. The van der Waals surface area contributed by atoms with Crippen LogP contribution in [0.4, 0.5) is 32.0 Å². The predicted octanol–water partition coefficient (Wildman–Crippen LogP) is 3.96. The fourth-order valence-corrected chi connectivity index (χ4v) is 3.94. The molecule has 1 spiro atoms. The summed E-state index contributed by atoms with van der Waals surface area (Å²) in [6.45, 7) is 3.43. The van der Waals surface area contributed by atoms with E-state index in [2.05, 4.69) is 9.88 Å². The van der Waals surface area contributed by atoms with E-state index < -0.39 is 24.3 Å². The van der Waals surface area contributed by atoms with E-state index in [9.17, 15) is 31.1 Å². The van der Waals surface area contributed by atoms with Gasteiger partial charge in [0.15, 0.2) is 0 Å². The predicted molar refractivity (Wildman–Crippen MR) is 114 cm³/mol. The summed E-state index contributed by atoms with van der Waals surface area (Å²) >= 11 is 0. The van der Waals surface area contributed by atoms with E-state index in [1.165, 1.54) is 0 Å². The highest BCUT2D eigenvalue weighted by molar-refractivity contribution is 6.00. The van der Waals surface area contributed by atoms with Gasteiger partial charge in [0.25, 0.3) is 0 Å². The highest BCUT2D eigenvalue weighted by atomic mass is 19.4. The molecule has 1 unspecified atom stereocenters. The first kappa shape index (κ1) is 29.6. The van der Waals surface area contributed by atoms with Gasteiger partial charge in [0.2, 0.25) is 5.91 Å². The molecule has 2 fully saturated rings. The number of amides is 1. The number of piperidine rings is 1. The van der Waals surface area contributed by atoms with Gasteiger partial charge in [-0.3, -0.25) is 14.7 Å². The van der Waals surface area contributed by atoms with Crippen LogP contribution >= 0.6 is 0 Å². The zero-order valence-corrected chi connectivity index (χ0v) is 19.1. The molecule has 2 aromatic rings. The van der Waals surface area contributed by atoms with Gasteiger partial charge in [0.05, 0.1) is 30.1 Å². The summed E-state index contributed by atoms with van der Waals surface area (Å²) in [5.74, 6) is -4.29. The number of rotatable bonds is 3. The number of anilines is 1. The second-order valence-electron chi connectivity index (χ2n) is 8.20. The van der Waals surface area contributed by atoms with Crippen molar-refractivity contribution in [1.82, 2.24) is 9.88 Å². The van der Waals surface area contributed by atoms with Crippen molar-refractivity contribution in [1.29, 1.82) is 0 Å². The molecule has 0 aliphatic carbocycles. The van der Waals surface area contributed by atoms with Crippen LogP contribution in [0.25, 0.3) is 0 Å². The first-order chi connectivity index (χ1) is 17.2. The van der Waals surface area contributed by atoms with Crippen LogP contribution < -0.4 is 4.90 Å². The maximum Gasteiger partial charge on any atom is 0.490 e. The summed E-state index contributed by atoms with van der Waals surface area (Å²) < 4.78 is 68.9. The Morgan fingerprint density at radius 2 is 1.62 bits per heavy atom. The molecule has 9 nitrogen and oxygen atoms in total. The molecular formula is C22H23F6N3O6. The molecule has 2 aliphatic heterocycles. The normalized spacial score (nSPS) is 20.1. The van der Waals surface area contributed by atoms with E-state index in [-0.39, 0.29) is 11.3 Å². The number of aliphatic carboxylic acids is 2. The molecular weight excluding hydrogens is 516 g/mol. The fraction of sp³-hybridized carbons (Fsp3) is 0.455. The Labute approximate surface area is 206 Å². The highest BCUT2D eigenvalue weighted by Crippen LogP contribution is 2.42. The van der Waals surface area contributed by atoms with E-state index in [1.54, 1.807) is 18.7 Å². The first-order valence-corrected chi connectivity index (χ1v) is 10.7. The number of alkyl halides is 6. The minimum atomic E-state index is -5.08. The summed E-state index contributed by atoms with van der Waals surface area (Å²) in [5.41, 5.74) is 0.679. The third-order valence-electron chi connectivity index (χ3n) is 5.57. The molecule has 2 aliphatic rings. The van der Waals surface area contributed by atoms with Crippen LogP contribution in [-0.4, -0.2) is 69.9 Å². The van der Waals surface area contributed by atoms with Crippen LogP contribution in [0.1, 0.15) is 25.0 Å². The number of carbonyl (C=O) groups is 3. The van der Waals surface area contributed by atoms with Gasteiger partial charge in [-0.25, -0.2) is 9.59 Å². The van der Waals surface area contributed by atoms with Crippen LogP contribution in [0, 0.1) is 5.41 Å². The van der Waals surface area contributed by atoms with E-state index in [0.717, 1.165) is 56.9 Å². The third kappa shape index (κ3) is 8.48. The Balaban J connectivity index is 0.000000286. The number of nitrogens with zero attached hydrogens (tertiary/aromatic N) is 3. The highest BCUT2D eigenvalue weighted by Gasteiger charge is 2.49. The minimum Gasteiger partial charge on any atom is -0.475 e. The second-order valence-corrected chi connectivity index (χ2v) is 8.20. The fourth-order valence-electron chi connectivity index (χ4n) is 3.94. The van der Waals surface area contributed by atoms with Crippen LogP contribution in [0.15, 0.2) is 47.3 Å². The van der Waals surface area contributed by atoms with Gasteiger partial charge in [-0.1, -0.05) is 0 Å². The molecule has 0 bridgehead atoms. The summed E-state index contributed by atoms with van der Waals surface area (Å²) in [6, 6.07) is 7.77. The number of hydrogen-bond donors (Lipinski definition) is 2. The van der Waals surface area contributed by atoms with Gasteiger partial charge in [0, 0.05) is 19.3 Å². The van der Waals surface area contributed by atoms with Crippen molar-refractivity contribution in [3.8, 4) is 0 Å². The molecule has 15 heteroatoms. The number of pyridine rings is 1. The zero-order chi connectivity index (χ0) is 27.9. The van der Waals surface area contributed by atoms with E-state index in [0.29, 0.717) is 0 Å². The van der Waals surface area contributed by atoms with Crippen molar-refractivity contribution in [3.05, 3.63) is 48.7 Å². The Kier molecular flexibility index (Phi) is 9.67. The molecule has 204 valence electrons. The molecule has 2 N–H and O–H groups in total. The van der Waals surface area contributed by atoms with Crippen LogP contribution in [0.3, 0.4) is 0 Å². The number of halogens is 6. The Hall–Kier alpha value is -3.62. The van der Waals surface area contributed by atoms with Crippen molar-refractivity contribution < 1.29 is 55.4 Å². The SMILES string of the molecule is O=C(O)C(F)(F)F.O=C(O)C(F)(F)F.O=C1N(c2cccnc2)CCC12CCCN(Cc1ccco1)C2. The Morgan fingerprint density at radius 3 is 2.11 bits per heavy atom. The largest absolute Gasteiger partial charge is 0.490 e. The summed E-state index contributed by atoms with van der Waals surface area (Å²) in [4.78, 5) is 39.3. The molecule has 1 atom stereocenters. The van der Waals surface area contributed by atoms with Crippen molar-refractivity contribution >= 4 is 23.5 Å². The van der Waals surface area contributed by atoms with E-state index in [4.69, 9.17) is 24.2 Å². The van der Waals surface area contributed by atoms with Gasteiger partial charge in [0.1, 0.15) is 5.76 Å². The molecule has 0 radical (unpaired) electrons. The Bertz CT molecular complexity index is 1020. The third-order valence-corrected chi connectivity index (χ3v) is 5.57. The molecule has 37 heavy (non-hydrogen) atoms. The van der Waals surface area contributed by atoms with Crippen molar-refractivity contribution in [2.75, 3.05) is 24.5 Å². The quantitative estimate of drug-likeness (QED) is 0.562. The number of likely N-dealkylation sites (tertiary alicyclic amines) is 1. The summed E-state index contributed by atoms with van der Waals surface area (Å²) in [5, 5.41) is 14.2. The number of carbonyl (C=O) groups excluding carboxylic acids is 1. The molecule has 0 saturated carbocycles. The zero-order valence-electron chi connectivity index (χ0n) is 19.1. The minimum absolute atomic E-state index is 0.235. The van der Waals surface area contributed by atoms with E-state index in [1.807, 2.05) is 29.2 Å². The molecule has 4 heterocycles. The number of carboxylic acids is 2. The van der Waals surface area contributed by atoms with Gasteiger partial charge in [-0.05, 0) is 50.1 Å². The lowest BCUT2D eigenvalue weighted by atomic mass is 9.78. The molecule has 0 aromatic carbocycles. The lowest BCUT2D eigenvalue weighted by Crippen LogP contribution is -2.47. The number of aromatic nitrogens is 1. The topological polar surface area (TPSA) is 124 Å². The smallest absolute Gasteiger partial charge is 0.475 e. The maximum absolute atomic E-state index is 13.1. The van der Waals surface area contributed by atoms with Crippen LogP contribution in [0.2, 0.25) is 0 Å². The average molecular weight is 539 g/mol. The van der Waals surface area contributed by atoms with Crippen LogP contribution in [-0.2, 0) is 20.9 Å². The Morgan fingerprint density at radius 1 is 1.00 bits per heavy atom. The van der Waals surface area contributed by atoms with Gasteiger partial charge < -0.3 is 19.5 Å². The average Bonchev–Trinajstić information content (AvgIpc) is 3.43. The van der Waals surface area contributed by atoms with Gasteiger partial charge >= 0.3 is 24.3 Å². The van der Waals surface area contributed by atoms with Crippen molar-refractivity contribution in [2.24, 2.45) is 5.41 Å². The lowest BCUT2D eigenvalue weighted by molar-refractivity contribution is -0.193. The van der Waals surface area contributed by atoms with Crippen molar-refractivity contribution in [2.45, 2.75) is 38.2 Å². The first-order valence-electron chi connectivity index (χ1n) is 10.7. The molecule has 4 rings (SSSR count). The summed E-state index contributed by atoms with van der Waals surface area (Å²) in [7, 11) is 0. The summed E-state index contributed by atoms with van der Waals surface area (Å²) in [6.07, 6.45) is -1.97. The number of carboxylic acid groups (broad SMARTS) is 2. The molecule has 1 amide bonds. The van der Waals surface area contributed by atoms with Gasteiger partial charge in [-0.2, -0.15) is 26.3 Å². The van der Waals surface area contributed by atoms with E-state index >= 15 is 0 Å². The standard InChI is InChI=1S/C18H21N3O2.2C2HF3O2/c22-17-18(7-10-21(17)15-4-1-8-19-12-15)6-3-9-20(14-18)13-16-5-2-11-23-16;2*3-2(4,5)1(6)7/h1-2,4-5,8,11-12H,3,6-7,9-10,13-14H2;2*(H,6,7). The van der Waals surface area contributed by atoms with Crippen LogP contribution in [0.5, 0.6) is 0 Å². The second kappa shape index (κ2) is 12.1. The molecule has 2 saturated heterocycles. The number of furan rings is 1.